The Hall–Kier alpha value is -1.94. The lowest BCUT2D eigenvalue weighted by atomic mass is 10.1. The predicted octanol–water partition coefficient (Wildman–Crippen LogP) is 4.25. The Morgan fingerprint density at radius 3 is 2.43 bits per heavy atom. The van der Waals surface area contributed by atoms with Gasteiger partial charge in [0.15, 0.2) is 0 Å². The van der Waals surface area contributed by atoms with Crippen LogP contribution in [0.25, 0.3) is 10.2 Å². The average Bonchev–Trinajstić information content (AvgIpc) is 2.76. The van der Waals surface area contributed by atoms with Crippen LogP contribution in [0.1, 0.15) is 27.4 Å². The molecule has 0 saturated heterocycles. The maximum Gasteiger partial charge on any atom is 0.138 e. The number of benzene rings is 1. The van der Waals surface area contributed by atoms with Gasteiger partial charge in [-0.25, -0.2) is 9.97 Å². The number of fused-ring (bicyclic) bond motifs is 1. The van der Waals surface area contributed by atoms with Crippen molar-refractivity contribution < 1.29 is 0 Å². The lowest BCUT2D eigenvalue weighted by Gasteiger charge is -2.07. The minimum Gasteiger partial charge on any atom is -0.372 e. The van der Waals surface area contributed by atoms with Crippen molar-refractivity contribution in [2.24, 2.45) is 0 Å². The molecule has 108 valence electrons. The largest absolute Gasteiger partial charge is 0.372 e. The van der Waals surface area contributed by atoms with Crippen LogP contribution in [0.5, 0.6) is 0 Å². The van der Waals surface area contributed by atoms with Crippen LogP contribution in [0.4, 0.5) is 5.82 Å². The second-order valence-electron chi connectivity index (χ2n) is 5.36. The van der Waals surface area contributed by atoms with E-state index in [1.54, 1.807) is 11.3 Å². The summed E-state index contributed by atoms with van der Waals surface area (Å²) in [6, 6.07) is 8.55. The van der Waals surface area contributed by atoms with Crippen LogP contribution in [0.2, 0.25) is 0 Å². The van der Waals surface area contributed by atoms with E-state index in [4.69, 9.17) is 9.97 Å². The third-order valence-electron chi connectivity index (χ3n) is 3.79. The molecule has 0 saturated carbocycles. The molecule has 0 aliphatic rings. The van der Waals surface area contributed by atoms with Gasteiger partial charge in [0.2, 0.25) is 0 Å². The zero-order valence-corrected chi connectivity index (χ0v) is 13.6. The first-order chi connectivity index (χ1) is 10.1. The number of nitrogens with zero attached hydrogens (tertiary/aromatic N) is 2. The van der Waals surface area contributed by atoms with Crippen LogP contribution in [0, 0.1) is 20.8 Å². The smallest absolute Gasteiger partial charge is 0.138 e. The van der Waals surface area contributed by atoms with E-state index < -0.39 is 0 Å². The van der Waals surface area contributed by atoms with Crippen molar-refractivity contribution in [3.05, 3.63) is 51.7 Å². The topological polar surface area (TPSA) is 37.8 Å². The van der Waals surface area contributed by atoms with Gasteiger partial charge in [-0.1, -0.05) is 29.8 Å². The lowest BCUT2D eigenvalue weighted by molar-refractivity contribution is 0.996. The number of nitrogens with one attached hydrogen (secondary N) is 1. The van der Waals surface area contributed by atoms with Gasteiger partial charge in [0, 0.05) is 18.3 Å². The standard InChI is InChI=1S/C17H19N3S/c1-10-5-7-13(8-6-10)9-14-19-16(18-4)15-11(2)12(3)21-17(15)20-14/h5-8H,9H2,1-4H3,(H,18,19,20). The fraction of sp³-hybridized carbons (Fsp3) is 0.294. The number of aryl methyl sites for hydroxylation is 3. The maximum absolute atomic E-state index is 4.75. The number of anilines is 1. The van der Waals surface area contributed by atoms with Gasteiger partial charge in [-0.2, -0.15) is 0 Å². The van der Waals surface area contributed by atoms with E-state index in [-0.39, 0.29) is 0 Å². The molecule has 2 aromatic heterocycles. The van der Waals surface area contributed by atoms with Crippen LogP contribution in [-0.4, -0.2) is 17.0 Å². The van der Waals surface area contributed by atoms with Crippen molar-refractivity contribution in [1.29, 1.82) is 0 Å². The number of rotatable bonds is 3. The van der Waals surface area contributed by atoms with Gasteiger partial charge in [0.1, 0.15) is 16.5 Å². The van der Waals surface area contributed by atoms with Gasteiger partial charge in [-0.15, -0.1) is 11.3 Å². The summed E-state index contributed by atoms with van der Waals surface area (Å²) in [7, 11) is 1.92. The molecule has 0 radical (unpaired) electrons. The van der Waals surface area contributed by atoms with Crippen molar-refractivity contribution >= 4 is 27.4 Å². The molecule has 0 aliphatic carbocycles. The van der Waals surface area contributed by atoms with E-state index >= 15 is 0 Å². The second kappa shape index (κ2) is 5.45. The summed E-state index contributed by atoms with van der Waals surface area (Å²) in [6.07, 6.45) is 0.765. The fourth-order valence-corrected chi connectivity index (χ4v) is 3.49. The lowest BCUT2D eigenvalue weighted by Crippen LogP contribution is -2.01. The normalized spacial score (nSPS) is 11.0. The van der Waals surface area contributed by atoms with Crippen molar-refractivity contribution in [2.45, 2.75) is 27.2 Å². The Labute approximate surface area is 129 Å². The van der Waals surface area contributed by atoms with Crippen molar-refractivity contribution in [2.75, 3.05) is 12.4 Å². The number of thiophene rings is 1. The average molecular weight is 297 g/mol. The summed E-state index contributed by atoms with van der Waals surface area (Å²) < 4.78 is 0. The van der Waals surface area contributed by atoms with E-state index in [2.05, 4.69) is 50.4 Å². The first-order valence-electron chi connectivity index (χ1n) is 7.08. The zero-order chi connectivity index (χ0) is 15.0. The van der Waals surface area contributed by atoms with Crippen LogP contribution < -0.4 is 5.32 Å². The van der Waals surface area contributed by atoms with Crippen LogP contribution in [-0.2, 0) is 6.42 Å². The van der Waals surface area contributed by atoms with Crippen LogP contribution in [0.3, 0.4) is 0 Å². The molecule has 0 fully saturated rings. The molecular weight excluding hydrogens is 278 g/mol. The van der Waals surface area contributed by atoms with Crippen LogP contribution in [0.15, 0.2) is 24.3 Å². The number of hydrogen-bond donors (Lipinski definition) is 1. The summed E-state index contributed by atoms with van der Waals surface area (Å²) in [5, 5.41) is 4.37. The first-order valence-corrected chi connectivity index (χ1v) is 7.90. The Bertz CT molecular complexity index is 788. The maximum atomic E-state index is 4.75. The number of aromatic nitrogens is 2. The monoisotopic (exact) mass is 297 g/mol. The fourth-order valence-electron chi connectivity index (χ4n) is 2.44. The van der Waals surface area contributed by atoms with Crippen molar-refractivity contribution in [1.82, 2.24) is 9.97 Å². The highest BCUT2D eigenvalue weighted by Crippen LogP contribution is 2.33. The van der Waals surface area contributed by atoms with E-state index in [1.165, 1.54) is 21.6 Å². The molecule has 0 unspecified atom stereocenters. The quantitative estimate of drug-likeness (QED) is 0.785. The van der Waals surface area contributed by atoms with Gasteiger partial charge in [0.25, 0.3) is 0 Å². The third-order valence-corrected chi connectivity index (χ3v) is 4.90. The molecule has 3 rings (SSSR count). The Morgan fingerprint density at radius 2 is 1.76 bits per heavy atom. The SMILES string of the molecule is CNc1nc(Cc2ccc(C)cc2)nc2sc(C)c(C)c12. The summed E-state index contributed by atoms with van der Waals surface area (Å²) in [5.41, 5.74) is 3.80. The van der Waals surface area contributed by atoms with Gasteiger partial charge in [-0.3, -0.25) is 0 Å². The van der Waals surface area contributed by atoms with E-state index in [0.29, 0.717) is 0 Å². The van der Waals surface area contributed by atoms with E-state index in [1.807, 2.05) is 7.05 Å². The number of hydrogen-bond acceptors (Lipinski definition) is 4. The van der Waals surface area contributed by atoms with Crippen LogP contribution >= 0.6 is 11.3 Å². The molecule has 0 aliphatic heterocycles. The molecule has 21 heavy (non-hydrogen) atoms. The van der Waals surface area contributed by atoms with Crippen molar-refractivity contribution in [3.8, 4) is 0 Å². The highest BCUT2D eigenvalue weighted by atomic mass is 32.1. The highest BCUT2D eigenvalue weighted by molar-refractivity contribution is 7.18. The molecule has 3 aromatic rings. The van der Waals surface area contributed by atoms with E-state index in [0.717, 1.165) is 28.3 Å². The Kier molecular flexibility index (Phi) is 3.64. The van der Waals surface area contributed by atoms with Gasteiger partial charge in [0.05, 0.1) is 5.39 Å². The summed E-state index contributed by atoms with van der Waals surface area (Å²) in [5.74, 6) is 1.81. The minimum absolute atomic E-state index is 0.765. The van der Waals surface area contributed by atoms with Crippen molar-refractivity contribution in [3.63, 3.8) is 0 Å². The molecule has 0 spiro atoms. The Balaban J connectivity index is 2.05. The minimum atomic E-state index is 0.765. The summed E-state index contributed by atoms with van der Waals surface area (Å²) in [6.45, 7) is 6.38. The molecule has 0 atom stereocenters. The second-order valence-corrected chi connectivity index (χ2v) is 6.57. The molecule has 1 aromatic carbocycles. The first kappa shape index (κ1) is 14.0. The van der Waals surface area contributed by atoms with Gasteiger partial charge < -0.3 is 5.32 Å². The third kappa shape index (κ3) is 2.63. The molecule has 4 heteroatoms. The molecule has 3 nitrogen and oxygen atoms in total. The molecule has 1 N–H and O–H groups in total. The van der Waals surface area contributed by atoms with Gasteiger partial charge in [-0.05, 0) is 31.9 Å². The molecule has 2 heterocycles. The van der Waals surface area contributed by atoms with Gasteiger partial charge >= 0.3 is 0 Å². The molecule has 0 bridgehead atoms. The highest BCUT2D eigenvalue weighted by Gasteiger charge is 2.13. The Morgan fingerprint density at radius 1 is 1.05 bits per heavy atom. The zero-order valence-electron chi connectivity index (χ0n) is 12.8. The molecular formula is C17H19N3S. The summed E-state index contributed by atoms with van der Waals surface area (Å²) in [4.78, 5) is 11.8. The molecule has 0 amide bonds. The predicted molar refractivity (Wildman–Crippen MR) is 90.4 cm³/mol. The van der Waals surface area contributed by atoms with E-state index in [9.17, 15) is 0 Å². The summed E-state index contributed by atoms with van der Waals surface area (Å²) >= 11 is 1.74.